The van der Waals surface area contributed by atoms with Crippen molar-refractivity contribution in [2.75, 3.05) is 11.9 Å². The van der Waals surface area contributed by atoms with Crippen LogP contribution in [0.2, 0.25) is 0 Å². The summed E-state index contributed by atoms with van der Waals surface area (Å²) in [6, 6.07) is 13.9. The van der Waals surface area contributed by atoms with Gasteiger partial charge < -0.3 is 10.1 Å². The maximum Gasteiger partial charge on any atom is 0.191 e. The Balaban J connectivity index is 1.96. The summed E-state index contributed by atoms with van der Waals surface area (Å²) in [4.78, 5) is 0. The van der Waals surface area contributed by atoms with E-state index >= 15 is 0 Å². The number of nitrogens with zero attached hydrogens (tertiary/aromatic N) is 1. The van der Waals surface area contributed by atoms with Gasteiger partial charge in [-0.3, -0.25) is 5.43 Å². The lowest BCUT2D eigenvalue weighted by Crippen LogP contribution is -2.25. The van der Waals surface area contributed by atoms with Gasteiger partial charge >= 0.3 is 0 Å². The van der Waals surface area contributed by atoms with E-state index in [1.54, 1.807) is 18.2 Å². The fourth-order valence-corrected chi connectivity index (χ4v) is 2.03. The third-order valence-electron chi connectivity index (χ3n) is 3.03. The number of halogens is 1. The molecule has 0 saturated carbocycles. The molecule has 0 heterocycles. The Morgan fingerprint density at radius 2 is 1.87 bits per heavy atom. The van der Waals surface area contributed by atoms with Crippen LogP contribution in [0.25, 0.3) is 0 Å². The number of thiocarbonyl (C=S) groups is 1. The van der Waals surface area contributed by atoms with Crippen LogP contribution in [-0.4, -0.2) is 17.4 Å². The van der Waals surface area contributed by atoms with Crippen LogP contribution < -0.4 is 15.5 Å². The van der Waals surface area contributed by atoms with Crippen LogP contribution in [0, 0.1) is 5.82 Å². The van der Waals surface area contributed by atoms with Crippen molar-refractivity contribution < 1.29 is 9.13 Å². The Hall–Kier alpha value is -2.47. The Morgan fingerprint density at radius 3 is 2.52 bits per heavy atom. The van der Waals surface area contributed by atoms with Crippen molar-refractivity contribution >= 4 is 28.7 Å². The maximum atomic E-state index is 13.5. The molecule has 0 bridgehead atoms. The summed E-state index contributed by atoms with van der Waals surface area (Å²) >= 11 is 5.10. The molecule has 2 aromatic rings. The second-order valence-electron chi connectivity index (χ2n) is 4.70. The lowest BCUT2D eigenvalue weighted by molar-refractivity contribution is 0.340. The molecule has 0 aliphatic rings. The molecule has 0 atom stereocenters. The first-order valence-electron chi connectivity index (χ1n) is 7.19. The van der Waals surface area contributed by atoms with Gasteiger partial charge in [0, 0.05) is 0 Å². The third kappa shape index (κ3) is 5.03. The number of nitrogens with one attached hydrogen (secondary N) is 2. The van der Waals surface area contributed by atoms with Crippen molar-refractivity contribution in [2.24, 2.45) is 5.10 Å². The van der Waals surface area contributed by atoms with Gasteiger partial charge in [0.2, 0.25) is 0 Å². The van der Waals surface area contributed by atoms with Crippen molar-refractivity contribution in [3.8, 4) is 5.75 Å². The highest BCUT2D eigenvalue weighted by Crippen LogP contribution is 2.13. The van der Waals surface area contributed by atoms with Gasteiger partial charge in [0.1, 0.15) is 11.6 Å². The summed E-state index contributed by atoms with van der Waals surface area (Å²) in [5, 5.41) is 7.18. The number of hydrogen-bond donors (Lipinski definition) is 2. The number of hydrogen-bond acceptors (Lipinski definition) is 3. The van der Waals surface area contributed by atoms with Gasteiger partial charge in [-0.15, -0.1) is 0 Å². The van der Waals surface area contributed by atoms with Gasteiger partial charge in [-0.05, 0) is 68.0 Å². The van der Waals surface area contributed by atoms with E-state index in [1.807, 2.05) is 38.1 Å². The zero-order valence-electron chi connectivity index (χ0n) is 13.0. The molecule has 0 fully saturated rings. The average Bonchev–Trinajstić information content (AvgIpc) is 2.56. The molecule has 0 saturated heterocycles. The van der Waals surface area contributed by atoms with Crippen molar-refractivity contribution in [3.63, 3.8) is 0 Å². The number of ether oxygens (including phenoxy) is 1. The van der Waals surface area contributed by atoms with Gasteiger partial charge in [-0.25, -0.2) is 4.39 Å². The quantitative estimate of drug-likeness (QED) is 0.495. The van der Waals surface area contributed by atoms with Crippen LogP contribution in [0.1, 0.15) is 19.4 Å². The lowest BCUT2D eigenvalue weighted by atomic mass is 10.1. The molecule has 6 heteroatoms. The number of anilines is 1. The minimum atomic E-state index is -0.371. The number of rotatable bonds is 5. The maximum absolute atomic E-state index is 13.5. The predicted molar refractivity (Wildman–Crippen MR) is 95.6 cm³/mol. The summed E-state index contributed by atoms with van der Waals surface area (Å²) in [5.74, 6) is 0.442. The van der Waals surface area contributed by atoms with E-state index in [0.717, 1.165) is 17.0 Å². The molecule has 0 radical (unpaired) electrons. The topological polar surface area (TPSA) is 45.6 Å². The minimum Gasteiger partial charge on any atom is -0.494 e. The molecular formula is C17H18FN3OS. The van der Waals surface area contributed by atoms with E-state index < -0.39 is 0 Å². The molecule has 2 rings (SSSR count). The first-order valence-corrected chi connectivity index (χ1v) is 7.60. The van der Waals surface area contributed by atoms with Gasteiger partial charge in [0.25, 0.3) is 0 Å². The summed E-state index contributed by atoms with van der Waals surface area (Å²) < 4.78 is 18.9. The van der Waals surface area contributed by atoms with Crippen LogP contribution in [0.5, 0.6) is 5.75 Å². The van der Waals surface area contributed by atoms with Gasteiger partial charge in [-0.1, -0.05) is 12.1 Å². The Kier molecular flexibility index (Phi) is 6.05. The fraction of sp³-hybridized carbons (Fsp3) is 0.176. The Bertz CT molecular complexity index is 701. The van der Waals surface area contributed by atoms with Crippen molar-refractivity contribution in [2.45, 2.75) is 13.8 Å². The van der Waals surface area contributed by atoms with E-state index in [4.69, 9.17) is 17.0 Å². The highest BCUT2D eigenvalue weighted by Gasteiger charge is 2.03. The molecule has 2 aromatic carbocycles. The standard InChI is InChI=1S/C17H18FN3OS/c1-3-22-14-10-8-13(9-11-14)12(2)20-21-17(23)19-16-7-5-4-6-15(16)18/h4-11H,3H2,1-2H3,(H2,19,21,23)/b20-12-. The van der Waals surface area contributed by atoms with Gasteiger partial charge in [0.05, 0.1) is 18.0 Å². The Morgan fingerprint density at radius 1 is 1.17 bits per heavy atom. The van der Waals surface area contributed by atoms with E-state index in [-0.39, 0.29) is 10.9 Å². The minimum absolute atomic E-state index is 0.223. The molecule has 0 aromatic heterocycles. The van der Waals surface area contributed by atoms with Crippen LogP contribution in [0.3, 0.4) is 0 Å². The second kappa shape index (κ2) is 8.24. The van der Waals surface area contributed by atoms with Gasteiger partial charge in [-0.2, -0.15) is 5.10 Å². The van der Waals surface area contributed by atoms with Crippen molar-refractivity contribution in [1.82, 2.24) is 5.43 Å². The molecule has 0 unspecified atom stereocenters. The highest BCUT2D eigenvalue weighted by molar-refractivity contribution is 7.80. The molecular weight excluding hydrogens is 313 g/mol. The third-order valence-corrected chi connectivity index (χ3v) is 3.22. The van der Waals surface area contributed by atoms with Gasteiger partial charge in [0.15, 0.2) is 5.11 Å². The summed E-state index contributed by atoms with van der Waals surface area (Å²) in [6.07, 6.45) is 0. The number of benzene rings is 2. The fourth-order valence-electron chi connectivity index (χ4n) is 1.87. The first kappa shape index (κ1) is 16.9. The summed E-state index contributed by atoms with van der Waals surface area (Å²) in [6.45, 7) is 4.42. The molecule has 2 N–H and O–H groups in total. The van der Waals surface area contributed by atoms with E-state index in [9.17, 15) is 4.39 Å². The monoisotopic (exact) mass is 331 g/mol. The first-order chi connectivity index (χ1) is 11.1. The normalized spacial score (nSPS) is 11.0. The Labute approximate surface area is 140 Å². The lowest BCUT2D eigenvalue weighted by Gasteiger charge is -2.09. The number of para-hydroxylation sites is 1. The summed E-state index contributed by atoms with van der Waals surface area (Å²) in [7, 11) is 0. The molecule has 4 nitrogen and oxygen atoms in total. The van der Waals surface area contributed by atoms with Crippen LogP contribution in [0.15, 0.2) is 53.6 Å². The molecule has 0 amide bonds. The predicted octanol–water partition coefficient (Wildman–Crippen LogP) is 3.94. The zero-order valence-corrected chi connectivity index (χ0v) is 13.8. The van der Waals surface area contributed by atoms with Crippen LogP contribution in [0.4, 0.5) is 10.1 Å². The summed E-state index contributed by atoms with van der Waals surface area (Å²) in [5.41, 5.74) is 4.71. The zero-order chi connectivity index (χ0) is 16.7. The van der Waals surface area contributed by atoms with Crippen molar-refractivity contribution in [3.05, 3.63) is 59.9 Å². The molecule has 0 spiro atoms. The number of hydrazone groups is 1. The molecule has 120 valence electrons. The highest BCUT2D eigenvalue weighted by atomic mass is 32.1. The van der Waals surface area contributed by atoms with Crippen LogP contribution >= 0.6 is 12.2 Å². The average molecular weight is 331 g/mol. The molecule has 0 aliphatic carbocycles. The largest absolute Gasteiger partial charge is 0.494 e. The van der Waals surface area contributed by atoms with E-state index in [1.165, 1.54) is 6.07 Å². The molecule has 0 aliphatic heterocycles. The van der Waals surface area contributed by atoms with Crippen LogP contribution in [-0.2, 0) is 0 Å². The second-order valence-corrected chi connectivity index (χ2v) is 5.11. The SMILES string of the molecule is CCOc1ccc(/C(C)=N\NC(=S)Nc2ccccc2F)cc1. The van der Waals surface area contributed by atoms with Crippen molar-refractivity contribution in [1.29, 1.82) is 0 Å². The smallest absolute Gasteiger partial charge is 0.191 e. The molecule has 23 heavy (non-hydrogen) atoms. The van der Waals surface area contributed by atoms with E-state index in [2.05, 4.69) is 15.8 Å². The van der Waals surface area contributed by atoms with E-state index in [0.29, 0.717) is 12.3 Å².